The Morgan fingerprint density at radius 2 is 1.87 bits per heavy atom. The fourth-order valence-corrected chi connectivity index (χ4v) is 7.09. The highest BCUT2D eigenvalue weighted by atomic mass is 16.7. The molecular formula is C24H34O7. The Kier molecular flexibility index (Phi) is 5.56. The van der Waals surface area contributed by atoms with Crippen LogP contribution in [0.3, 0.4) is 0 Å². The van der Waals surface area contributed by atoms with Crippen molar-refractivity contribution in [3.63, 3.8) is 0 Å². The van der Waals surface area contributed by atoms with Gasteiger partial charge in [0.2, 0.25) is 0 Å². The molecule has 1 saturated heterocycles. The Hall–Kier alpha value is -1.22. The Morgan fingerprint density at radius 3 is 2.65 bits per heavy atom. The summed E-state index contributed by atoms with van der Waals surface area (Å²) in [6.07, 6.45) is -0.206. The van der Waals surface area contributed by atoms with Crippen molar-refractivity contribution >= 4 is 0 Å². The molecule has 2 saturated carbocycles. The average molecular weight is 435 g/mol. The van der Waals surface area contributed by atoms with Crippen LogP contribution in [0.1, 0.15) is 56.1 Å². The van der Waals surface area contributed by atoms with Gasteiger partial charge in [-0.15, -0.1) is 0 Å². The van der Waals surface area contributed by atoms with Crippen molar-refractivity contribution < 1.29 is 35.0 Å². The largest absolute Gasteiger partial charge is 0.508 e. The lowest BCUT2D eigenvalue weighted by Crippen LogP contribution is -2.60. The van der Waals surface area contributed by atoms with Gasteiger partial charge in [0.15, 0.2) is 6.29 Å². The lowest BCUT2D eigenvalue weighted by atomic mass is 9.55. The first-order chi connectivity index (χ1) is 14.8. The zero-order valence-corrected chi connectivity index (χ0v) is 17.9. The molecule has 31 heavy (non-hydrogen) atoms. The van der Waals surface area contributed by atoms with E-state index in [0.29, 0.717) is 23.5 Å². The summed E-state index contributed by atoms with van der Waals surface area (Å²) in [5.41, 5.74) is 2.61. The molecule has 1 aliphatic heterocycles. The summed E-state index contributed by atoms with van der Waals surface area (Å²) in [7, 11) is 0. The third-order valence-corrected chi connectivity index (χ3v) is 8.77. The number of ether oxygens (including phenoxy) is 2. The average Bonchev–Trinajstić information content (AvgIpc) is 3.09. The molecule has 3 fully saturated rings. The van der Waals surface area contributed by atoms with E-state index in [2.05, 4.69) is 13.0 Å². The van der Waals surface area contributed by atoms with Crippen LogP contribution < -0.4 is 0 Å². The number of hydrogen-bond donors (Lipinski definition) is 5. The number of aromatic hydroxyl groups is 1. The quantitative estimate of drug-likeness (QED) is 0.488. The van der Waals surface area contributed by atoms with Gasteiger partial charge in [-0.1, -0.05) is 13.0 Å². The molecule has 1 aromatic rings. The SMILES string of the molecule is C[C@]12CC[C@@H]3c4ccc(O)cc4CC[C@H]3[C@H]1CC[C@@H]2O[C@H]1O[C@@H](CO)[C@H](O)[C@@H](O)[C@H]1O. The van der Waals surface area contributed by atoms with Crippen LogP contribution in [0, 0.1) is 17.3 Å². The van der Waals surface area contributed by atoms with Gasteiger partial charge in [0, 0.05) is 0 Å². The van der Waals surface area contributed by atoms with Gasteiger partial charge >= 0.3 is 0 Å². The smallest absolute Gasteiger partial charge is 0.186 e. The van der Waals surface area contributed by atoms with E-state index in [4.69, 9.17) is 9.47 Å². The first-order valence-corrected chi connectivity index (χ1v) is 11.6. The predicted octanol–water partition coefficient (Wildman–Crippen LogP) is 1.43. The number of phenolic OH excluding ortho intramolecular Hbond substituents is 1. The summed E-state index contributed by atoms with van der Waals surface area (Å²) in [4.78, 5) is 0. The van der Waals surface area contributed by atoms with Gasteiger partial charge in [0.25, 0.3) is 0 Å². The summed E-state index contributed by atoms with van der Waals surface area (Å²) in [5, 5.41) is 49.9. The van der Waals surface area contributed by atoms with E-state index in [0.717, 1.165) is 38.5 Å². The van der Waals surface area contributed by atoms with Crippen molar-refractivity contribution in [2.45, 2.75) is 88.2 Å². The molecule has 3 aliphatic carbocycles. The first kappa shape index (κ1) is 21.6. The Bertz CT molecular complexity index is 813. The van der Waals surface area contributed by atoms with E-state index in [1.54, 1.807) is 6.07 Å². The van der Waals surface area contributed by atoms with E-state index < -0.39 is 37.3 Å². The minimum absolute atomic E-state index is 0.0472. The van der Waals surface area contributed by atoms with E-state index in [1.807, 2.05) is 6.07 Å². The minimum atomic E-state index is -1.41. The molecule has 1 heterocycles. The second kappa shape index (κ2) is 7.97. The van der Waals surface area contributed by atoms with Gasteiger partial charge in [-0.25, -0.2) is 0 Å². The van der Waals surface area contributed by atoms with Gasteiger partial charge in [-0.2, -0.15) is 0 Å². The highest BCUT2D eigenvalue weighted by Gasteiger charge is 2.57. The molecule has 5 N–H and O–H groups in total. The van der Waals surface area contributed by atoms with Crippen LogP contribution in [0.2, 0.25) is 0 Å². The van der Waals surface area contributed by atoms with Crippen LogP contribution in [-0.2, 0) is 15.9 Å². The second-order valence-electron chi connectivity index (χ2n) is 10.2. The third-order valence-electron chi connectivity index (χ3n) is 8.77. The van der Waals surface area contributed by atoms with E-state index in [9.17, 15) is 25.5 Å². The van der Waals surface area contributed by atoms with Crippen molar-refractivity contribution in [2.24, 2.45) is 17.3 Å². The molecule has 172 valence electrons. The second-order valence-corrected chi connectivity index (χ2v) is 10.2. The zero-order chi connectivity index (χ0) is 21.9. The van der Waals surface area contributed by atoms with Crippen LogP contribution in [0.15, 0.2) is 18.2 Å². The molecule has 0 radical (unpaired) electrons. The van der Waals surface area contributed by atoms with Crippen molar-refractivity contribution in [3.05, 3.63) is 29.3 Å². The summed E-state index contributed by atoms with van der Waals surface area (Å²) < 4.78 is 11.9. The summed E-state index contributed by atoms with van der Waals surface area (Å²) in [6.45, 7) is 1.83. The lowest BCUT2D eigenvalue weighted by molar-refractivity contribution is -0.319. The van der Waals surface area contributed by atoms with Gasteiger partial charge < -0.3 is 35.0 Å². The van der Waals surface area contributed by atoms with Gasteiger partial charge in [0.05, 0.1) is 12.7 Å². The number of aliphatic hydroxyl groups is 4. The predicted molar refractivity (Wildman–Crippen MR) is 111 cm³/mol. The molecule has 5 rings (SSSR count). The highest BCUT2D eigenvalue weighted by molar-refractivity contribution is 5.40. The molecule has 0 spiro atoms. The number of rotatable bonds is 3. The standard InChI is InChI=1S/C24H34O7/c1-24-9-8-15-14-5-3-13(26)10-12(14)2-4-16(15)17(24)6-7-19(24)31-23-22(29)21(28)20(27)18(11-25)30-23/h3,5,10,15-23,25-29H,2,4,6-9,11H2,1H3/t15-,16-,17-,18+,19+,20+,21-,22-,23-,24+/m1/s1. The fourth-order valence-electron chi connectivity index (χ4n) is 7.09. The molecule has 7 nitrogen and oxygen atoms in total. The molecule has 1 aromatic carbocycles. The summed E-state index contributed by atoms with van der Waals surface area (Å²) >= 11 is 0. The summed E-state index contributed by atoms with van der Waals surface area (Å²) in [6, 6.07) is 5.81. The van der Waals surface area contributed by atoms with Gasteiger partial charge in [0.1, 0.15) is 30.2 Å². The van der Waals surface area contributed by atoms with Gasteiger partial charge in [-0.3, -0.25) is 0 Å². The number of aliphatic hydroxyl groups excluding tert-OH is 4. The minimum Gasteiger partial charge on any atom is -0.508 e. The van der Waals surface area contributed by atoms with Crippen LogP contribution in [0.4, 0.5) is 0 Å². The van der Waals surface area contributed by atoms with Crippen LogP contribution in [-0.4, -0.2) is 68.9 Å². The normalized spacial score (nSPS) is 46.8. The third kappa shape index (κ3) is 3.41. The number of benzene rings is 1. The maximum atomic E-state index is 10.4. The molecule has 4 aliphatic rings. The van der Waals surface area contributed by atoms with Crippen LogP contribution in [0.25, 0.3) is 0 Å². The maximum absolute atomic E-state index is 10.4. The fraction of sp³-hybridized carbons (Fsp3) is 0.750. The van der Waals surface area contributed by atoms with E-state index >= 15 is 0 Å². The van der Waals surface area contributed by atoms with E-state index in [-0.39, 0.29) is 11.5 Å². The lowest BCUT2D eigenvalue weighted by Gasteiger charge is -2.51. The molecule has 0 unspecified atom stereocenters. The highest BCUT2D eigenvalue weighted by Crippen LogP contribution is 2.61. The molecule has 7 heteroatoms. The van der Waals surface area contributed by atoms with Crippen LogP contribution >= 0.6 is 0 Å². The van der Waals surface area contributed by atoms with Crippen LogP contribution in [0.5, 0.6) is 5.75 Å². The van der Waals surface area contributed by atoms with Crippen molar-refractivity contribution in [2.75, 3.05) is 6.61 Å². The van der Waals surface area contributed by atoms with Gasteiger partial charge in [-0.05, 0) is 85.0 Å². The summed E-state index contributed by atoms with van der Waals surface area (Å²) in [5.74, 6) is 1.92. The molecule has 0 aromatic heterocycles. The number of fused-ring (bicyclic) bond motifs is 5. The number of phenols is 1. The molecule has 0 amide bonds. The van der Waals surface area contributed by atoms with Crippen molar-refractivity contribution in [3.8, 4) is 5.75 Å². The molecule has 10 atom stereocenters. The maximum Gasteiger partial charge on any atom is 0.186 e. The Balaban J connectivity index is 1.33. The van der Waals surface area contributed by atoms with Crippen molar-refractivity contribution in [1.29, 1.82) is 0 Å². The number of hydrogen-bond acceptors (Lipinski definition) is 7. The Morgan fingerprint density at radius 1 is 1.06 bits per heavy atom. The zero-order valence-electron chi connectivity index (χ0n) is 17.9. The number of aryl methyl sites for hydroxylation is 1. The molecular weight excluding hydrogens is 400 g/mol. The molecule has 0 bridgehead atoms. The first-order valence-electron chi connectivity index (χ1n) is 11.6. The topological polar surface area (TPSA) is 120 Å². The van der Waals surface area contributed by atoms with Crippen molar-refractivity contribution in [1.82, 2.24) is 0 Å². The Labute approximate surface area is 182 Å². The monoisotopic (exact) mass is 434 g/mol. The van der Waals surface area contributed by atoms with E-state index in [1.165, 1.54) is 11.1 Å².